The molecule has 0 atom stereocenters. The van der Waals surface area contributed by atoms with Gasteiger partial charge in [-0.2, -0.15) is 8.42 Å². The molecule has 0 saturated carbocycles. The summed E-state index contributed by atoms with van der Waals surface area (Å²) in [5.74, 6) is 0.767. The molecule has 180 valence electrons. The van der Waals surface area contributed by atoms with Crippen molar-refractivity contribution in [1.82, 2.24) is 0 Å². The van der Waals surface area contributed by atoms with Crippen LogP contribution in [0.3, 0.4) is 0 Å². The number of rotatable bonds is 20. The molecule has 1 rings (SSSR count). The zero-order chi connectivity index (χ0) is 22.8. The average molecular weight is 455 g/mol. The van der Waals surface area contributed by atoms with Crippen LogP contribution in [-0.4, -0.2) is 25.3 Å². The lowest BCUT2D eigenvalue weighted by Gasteiger charge is -2.14. The minimum absolute atomic E-state index is 0.195. The molecule has 0 heterocycles. The Morgan fingerprint density at radius 1 is 0.742 bits per heavy atom. The summed E-state index contributed by atoms with van der Waals surface area (Å²) in [7, 11) is -3.88. The maximum atomic E-state index is 10.9. The van der Waals surface area contributed by atoms with Crippen molar-refractivity contribution in [3.8, 4) is 5.75 Å². The lowest BCUT2D eigenvalue weighted by atomic mass is 10.00. The third kappa shape index (κ3) is 15.4. The molecule has 0 saturated heterocycles. The maximum absolute atomic E-state index is 10.9. The quantitative estimate of drug-likeness (QED) is 0.163. The van der Waals surface area contributed by atoms with E-state index in [1.54, 1.807) is 0 Å². The van der Waals surface area contributed by atoms with E-state index in [0.717, 1.165) is 18.6 Å². The fraction of sp³-hybridized carbons (Fsp3) is 0.769. The zero-order valence-corrected chi connectivity index (χ0v) is 20.9. The van der Waals surface area contributed by atoms with E-state index in [2.05, 4.69) is 32.0 Å². The lowest BCUT2D eigenvalue weighted by molar-refractivity contribution is 0.305. The summed E-state index contributed by atoms with van der Waals surface area (Å²) in [5.41, 5.74) is 2.59. The van der Waals surface area contributed by atoms with Crippen LogP contribution in [0.25, 0.3) is 0 Å². The van der Waals surface area contributed by atoms with Gasteiger partial charge in [0.1, 0.15) is 5.75 Å². The van der Waals surface area contributed by atoms with Crippen molar-refractivity contribution < 1.29 is 17.7 Å². The van der Waals surface area contributed by atoms with Crippen LogP contribution in [0.15, 0.2) is 18.2 Å². The zero-order valence-electron chi connectivity index (χ0n) is 20.0. The van der Waals surface area contributed by atoms with Crippen LogP contribution in [-0.2, 0) is 23.0 Å². The summed E-state index contributed by atoms with van der Waals surface area (Å²) in [5, 5.41) is 0. The van der Waals surface area contributed by atoms with E-state index in [1.807, 2.05) is 0 Å². The molecule has 31 heavy (non-hydrogen) atoms. The van der Waals surface area contributed by atoms with Gasteiger partial charge in [0.2, 0.25) is 0 Å². The van der Waals surface area contributed by atoms with Gasteiger partial charge in [0.25, 0.3) is 10.1 Å². The molecule has 1 aromatic rings. The number of unbranched alkanes of at least 4 members (excludes halogenated alkanes) is 11. The average Bonchev–Trinajstić information content (AvgIpc) is 2.73. The number of ether oxygens (including phenoxy) is 1. The molecule has 0 amide bonds. The van der Waals surface area contributed by atoms with Gasteiger partial charge >= 0.3 is 0 Å². The van der Waals surface area contributed by atoms with Crippen molar-refractivity contribution in [2.45, 2.75) is 117 Å². The highest BCUT2D eigenvalue weighted by atomic mass is 32.2. The van der Waals surface area contributed by atoms with Gasteiger partial charge in [-0.1, -0.05) is 90.2 Å². The molecular weight excluding hydrogens is 408 g/mol. The number of hydrogen-bond donors (Lipinski definition) is 1. The first-order valence-corrected chi connectivity index (χ1v) is 14.3. The first-order chi connectivity index (χ1) is 15.0. The van der Waals surface area contributed by atoms with Gasteiger partial charge in [0.15, 0.2) is 0 Å². The minimum Gasteiger partial charge on any atom is -0.493 e. The molecule has 1 aromatic carbocycles. The molecule has 0 aliphatic heterocycles. The number of benzene rings is 1. The predicted molar refractivity (Wildman–Crippen MR) is 132 cm³/mol. The Morgan fingerprint density at radius 3 is 1.94 bits per heavy atom. The molecule has 4 nitrogen and oxygen atoms in total. The molecule has 0 unspecified atom stereocenters. The second-order valence-corrected chi connectivity index (χ2v) is 10.4. The van der Waals surface area contributed by atoms with E-state index in [9.17, 15) is 8.42 Å². The fourth-order valence-electron chi connectivity index (χ4n) is 3.87. The van der Waals surface area contributed by atoms with E-state index in [1.165, 1.54) is 88.2 Å². The molecular formula is C26H46O4S. The largest absolute Gasteiger partial charge is 0.493 e. The summed E-state index contributed by atoms with van der Waals surface area (Å²) >= 11 is 0. The van der Waals surface area contributed by atoms with Crippen LogP contribution in [0, 0.1) is 0 Å². The lowest BCUT2D eigenvalue weighted by Crippen LogP contribution is -2.07. The van der Waals surface area contributed by atoms with Gasteiger partial charge < -0.3 is 4.74 Å². The number of hydrogen-bond acceptors (Lipinski definition) is 3. The van der Waals surface area contributed by atoms with Gasteiger partial charge in [-0.15, -0.1) is 0 Å². The van der Waals surface area contributed by atoms with Gasteiger partial charge in [-0.05, 0) is 55.7 Å². The Bertz CT molecular complexity index is 670. The van der Waals surface area contributed by atoms with E-state index in [-0.39, 0.29) is 5.75 Å². The van der Waals surface area contributed by atoms with Gasteiger partial charge in [-0.3, -0.25) is 4.55 Å². The van der Waals surface area contributed by atoms with E-state index in [0.29, 0.717) is 19.4 Å². The smallest absolute Gasteiger partial charge is 0.264 e. The normalized spacial score (nSPS) is 11.7. The van der Waals surface area contributed by atoms with Gasteiger partial charge in [0.05, 0.1) is 12.4 Å². The van der Waals surface area contributed by atoms with Crippen molar-refractivity contribution in [3.05, 3.63) is 29.3 Å². The second kappa shape index (κ2) is 17.5. The molecule has 5 heteroatoms. The highest BCUT2D eigenvalue weighted by Crippen LogP contribution is 2.25. The van der Waals surface area contributed by atoms with Crippen molar-refractivity contribution >= 4 is 10.1 Å². The maximum Gasteiger partial charge on any atom is 0.264 e. The summed E-state index contributed by atoms with van der Waals surface area (Å²) in [6.45, 7) is 4.98. The topological polar surface area (TPSA) is 63.6 Å². The summed E-state index contributed by atoms with van der Waals surface area (Å²) in [6.07, 6.45) is 18.6. The van der Waals surface area contributed by atoms with E-state index >= 15 is 0 Å². The predicted octanol–water partition coefficient (Wildman–Crippen LogP) is 7.54. The second-order valence-electron chi connectivity index (χ2n) is 8.82. The summed E-state index contributed by atoms with van der Waals surface area (Å²) in [6, 6.07) is 6.68. The molecule has 0 aromatic heterocycles. The standard InChI is InChI=1S/C26H46O4S/c1-3-5-7-9-11-13-17-24-19-20-25(18-14-12-10-8-6-4-2)26(23-24)30-21-15-16-22-31(27,28)29/h19-20,23H,3-18,21-22H2,1-2H3,(H,27,28,29). The van der Waals surface area contributed by atoms with Gasteiger partial charge in [-0.25, -0.2) is 0 Å². The molecule has 0 aliphatic carbocycles. The van der Waals surface area contributed by atoms with Crippen molar-refractivity contribution in [2.24, 2.45) is 0 Å². The molecule has 0 radical (unpaired) electrons. The summed E-state index contributed by atoms with van der Waals surface area (Å²) < 4.78 is 36.7. The molecule has 0 bridgehead atoms. The summed E-state index contributed by atoms with van der Waals surface area (Å²) in [4.78, 5) is 0. The number of aryl methyl sites for hydroxylation is 2. The fourth-order valence-corrected chi connectivity index (χ4v) is 4.44. The monoisotopic (exact) mass is 454 g/mol. The molecule has 0 fully saturated rings. The third-order valence-electron chi connectivity index (χ3n) is 5.80. The third-order valence-corrected chi connectivity index (χ3v) is 6.61. The van der Waals surface area contributed by atoms with Crippen molar-refractivity contribution in [2.75, 3.05) is 12.4 Å². The van der Waals surface area contributed by atoms with E-state index in [4.69, 9.17) is 9.29 Å². The Kier molecular flexibility index (Phi) is 15.8. The minimum atomic E-state index is -3.88. The van der Waals surface area contributed by atoms with Crippen LogP contribution < -0.4 is 4.74 Å². The molecule has 0 spiro atoms. The first-order valence-electron chi connectivity index (χ1n) is 12.7. The van der Waals surface area contributed by atoms with Crippen LogP contribution in [0.1, 0.15) is 115 Å². The Hall–Kier alpha value is -1.07. The Balaban J connectivity index is 2.54. The van der Waals surface area contributed by atoms with Crippen LogP contribution in [0.5, 0.6) is 5.75 Å². The van der Waals surface area contributed by atoms with Crippen LogP contribution in [0.2, 0.25) is 0 Å². The highest BCUT2D eigenvalue weighted by Gasteiger charge is 2.08. The Morgan fingerprint density at radius 2 is 1.32 bits per heavy atom. The SMILES string of the molecule is CCCCCCCCc1ccc(CCCCCCCC)c(OCCCCS(=O)(=O)O)c1. The van der Waals surface area contributed by atoms with Crippen LogP contribution in [0.4, 0.5) is 0 Å². The van der Waals surface area contributed by atoms with Gasteiger partial charge in [0, 0.05) is 0 Å². The molecule has 1 N–H and O–H groups in total. The van der Waals surface area contributed by atoms with E-state index < -0.39 is 10.1 Å². The first kappa shape index (κ1) is 28.0. The Labute approximate surface area is 191 Å². The van der Waals surface area contributed by atoms with Crippen molar-refractivity contribution in [1.29, 1.82) is 0 Å². The van der Waals surface area contributed by atoms with Crippen LogP contribution >= 0.6 is 0 Å². The van der Waals surface area contributed by atoms with Crippen molar-refractivity contribution in [3.63, 3.8) is 0 Å². The molecule has 0 aliphatic rings. The highest BCUT2D eigenvalue weighted by molar-refractivity contribution is 7.85.